The SMILES string of the molecule is O=C(NCC1CCCO1)c1ccc(CN2C(=O)NC3(CCOCC3)C2=O)cc1. The molecule has 4 rings (SSSR count). The van der Waals surface area contributed by atoms with E-state index in [0.29, 0.717) is 38.2 Å². The summed E-state index contributed by atoms with van der Waals surface area (Å²) in [6, 6.07) is 6.60. The predicted molar refractivity (Wildman–Crippen MR) is 99.6 cm³/mol. The highest BCUT2D eigenvalue weighted by Crippen LogP contribution is 2.29. The lowest BCUT2D eigenvalue weighted by Crippen LogP contribution is -2.51. The van der Waals surface area contributed by atoms with Crippen LogP contribution in [0.5, 0.6) is 0 Å². The molecule has 0 aliphatic carbocycles. The predicted octanol–water partition coefficient (Wildman–Crippen LogP) is 1.20. The van der Waals surface area contributed by atoms with Gasteiger partial charge in [0.25, 0.3) is 11.8 Å². The monoisotopic (exact) mass is 387 g/mol. The Labute approximate surface area is 163 Å². The number of amides is 4. The number of urea groups is 1. The number of rotatable bonds is 5. The molecule has 1 aromatic rings. The minimum Gasteiger partial charge on any atom is -0.381 e. The van der Waals surface area contributed by atoms with E-state index in [-0.39, 0.29) is 30.5 Å². The molecule has 0 aromatic heterocycles. The van der Waals surface area contributed by atoms with Gasteiger partial charge < -0.3 is 20.1 Å². The fourth-order valence-electron chi connectivity index (χ4n) is 3.94. The third-order valence-electron chi connectivity index (χ3n) is 5.66. The van der Waals surface area contributed by atoms with E-state index < -0.39 is 5.54 Å². The highest BCUT2D eigenvalue weighted by molar-refractivity contribution is 6.07. The third kappa shape index (κ3) is 3.74. The smallest absolute Gasteiger partial charge is 0.325 e. The summed E-state index contributed by atoms with van der Waals surface area (Å²) in [5.74, 6) is -0.350. The average molecular weight is 387 g/mol. The van der Waals surface area contributed by atoms with Gasteiger partial charge in [0, 0.05) is 44.8 Å². The summed E-state index contributed by atoms with van der Waals surface area (Å²) in [6.45, 7) is 2.39. The number of hydrogen-bond acceptors (Lipinski definition) is 5. The van der Waals surface area contributed by atoms with Gasteiger partial charge in [-0.2, -0.15) is 0 Å². The van der Waals surface area contributed by atoms with Crippen molar-refractivity contribution >= 4 is 17.8 Å². The Kier molecular flexibility index (Phi) is 5.32. The molecule has 150 valence electrons. The molecule has 3 aliphatic heterocycles. The van der Waals surface area contributed by atoms with Crippen molar-refractivity contribution in [3.05, 3.63) is 35.4 Å². The topological polar surface area (TPSA) is 97.0 Å². The zero-order chi connectivity index (χ0) is 19.6. The number of ether oxygens (including phenoxy) is 2. The van der Waals surface area contributed by atoms with Crippen molar-refractivity contribution < 1.29 is 23.9 Å². The lowest BCUT2D eigenvalue weighted by atomic mass is 9.90. The fraction of sp³-hybridized carbons (Fsp3) is 0.550. The van der Waals surface area contributed by atoms with Crippen LogP contribution in [0.25, 0.3) is 0 Å². The number of nitrogens with zero attached hydrogens (tertiary/aromatic N) is 1. The molecule has 1 aromatic carbocycles. The number of benzene rings is 1. The average Bonchev–Trinajstić information content (AvgIpc) is 3.31. The molecule has 1 spiro atoms. The van der Waals surface area contributed by atoms with E-state index in [2.05, 4.69) is 10.6 Å². The molecule has 4 amide bonds. The van der Waals surface area contributed by atoms with Gasteiger partial charge in [0.15, 0.2) is 0 Å². The summed E-state index contributed by atoms with van der Waals surface area (Å²) in [5, 5.41) is 5.73. The zero-order valence-electron chi connectivity index (χ0n) is 15.7. The van der Waals surface area contributed by atoms with Gasteiger partial charge >= 0.3 is 6.03 Å². The molecule has 8 heteroatoms. The Bertz CT molecular complexity index is 752. The van der Waals surface area contributed by atoms with E-state index in [1.54, 1.807) is 24.3 Å². The van der Waals surface area contributed by atoms with E-state index in [1.165, 1.54) is 4.90 Å². The van der Waals surface area contributed by atoms with Crippen molar-refractivity contribution in [2.45, 2.75) is 43.9 Å². The number of imide groups is 1. The molecule has 3 fully saturated rings. The van der Waals surface area contributed by atoms with E-state index in [1.807, 2.05) is 0 Å². The summed E-state index contributed by atoms with van der Waals surface area (Å²) in [5.41, 5.74) is 0.514. The van der Waals surface area contributed by atoms with Crippen LogP contribution >= 0.6 is 0 Å². The first kappa shape index (κ1) is 18.9. The summed E-state index contributed by atoms with van der Waals surface area (Å²) >= 11 is 0. The van der Waals surface area contributed by atoms with Crippen LogP contribution < -0.4 is 10.6 Å². The maximum Gasteiger partial charge on any atom is 0.325 e. The summed E-state index contributed by atoms with van der Waals surface area (Å²) < 4.78 is 10.8. The maximum absolute atomic E-state index is 12.8. The Morgan fingerprint density at radius 3 is 2.61 bits per heavy atom. The molecule has 0 bridgehead atoms. The molecule has 8 nitrogen and oxygen atoms in total. The molecule has 3 saturated heterocycles. The van der Waals surface area contributed by atoms with Gasteiger partial charge in [-0.05, 0) is 30.5 Å². The van der Waals surface area contributed by atoms with Gasteiger partial charge in [0.05, 0.1) is 12.6 Å². The third-order valence-corrected chi connectivity index (χ3v) is 5.66. The van der Waals surface area contributed by atoms with Gasteiger partial charge in [-0.3, -0.25) is 14.5 Å². The Morgan fingerprint density at radius 2 is 1.93 bits per heavy atom. The van der Waals surface area contributed by atoms with Crippen LogP contribution in [0.2, 0.25) is 0 Å². The Hall–Kier alpha value is -2.45. The van der Waals surface area contributed by atoms with Crippen molar-refractivity contribution in [1.82, 2.24) is 15.5 Å². The lowest BCUT2D eigenvalue weighted by Gasteiger charge is -2.30. The summed E-state index contributed by atoms with van der Waals surface area (Å²) in [4.78, 5) is 38.6. The second-order valence-corrected chi connectivity index (χ2v) is 7.56. The fourth-order valence-corrected chi connectivity index (χ4v) is 3.94. The normalized spacial score (nSPS) is 23.9. The maximum atomic E-state index is 12.8. The highest BCUT2D eigenvalue weighted by Gasteiger charge is 2.51. The van der Waals surface area contributed by atoms with Crippen molar-refractivity contribution in [3.63, 3.8) is 0 Å². The van der Waals surface area contributed by atoms with Crippen molar-refractivity contribution in [2.24, 2.45) is 0 Å². The van der Waals surface area contributed by atoms with Gasteiger partial charge in [0.2, 0.25) is 0 Å². The number of carbonyl (C=O) groups is 3. The lowest BCUT2D eigenvalue weighted by molar-refractivity contribution is -0.134. The van der Waals surface area contributed by atoms with Gasteiger partial charge in [-0.1, -0.05) is 12.1 Å². The van der Waals surface area contributed by atoms with Crippen LogP contribution in [-0.4, -0.2) is 60.8 Å². The minimum absolute atomic E-state index is 0.0976. The minimum atomic E-state index is -0.822. The number of nitrogens with one attached hydrogen (secondary N) is 2. The molecular weight excluding hydrogens is 362 g/mol. The first-order valence-electron chi connectivity index (χ1n) is 9.78. The van der Waals surface area contributed by atoms with Crippen LogP contribution in [0.1, 0.15) is 41.6 Å². The first-order chi connectivity index (χ1) is 13.6. The van der Waals surface area contributed by atoms with Crippen LogP contribution in [-0.2, 0) is 20.8 Å². The van der Waals surface area contributed by atoms with Crippen molar-refractivity contribution in [1.29, 1.82) is 0 Å². The van der Waals surface area contributed by atoms with E-state index in [0.717, 1.165) is 25.0 Å². The van der Waals surface area contributed by atoms with Crippen LogP contribution in [0, 0.1) is 0 Å². The quantitative estimate of drug-likeness (QED) is 0.740. The molecule has 28 heavy (non-hydrogen) atoms. The van der Waals surface area contributed by atoms with E-state index >= 15 is 0 Å². The number of carbonyl (C=O) groups excluding carboxylic acids is 3. The highest BCUT2D eigenvalue weighted by atomic mass is 16.5. The van der Waals surface area contributed by atoms with Gasteiger partial charge in [-0.15, -0.1) is 0 Å². The van der Waals surface area contributed by atoms with Crippen molar-refractivity contribution in [2.75, 3.05) is 26.4 Å². The molecule has 1 unspecified atom stereocenters. The molecule has 3 aliphatic rings. The molecular formula is C20H25N3O5. The Morgan fingerprint density at radius 1 is 1.18 bits per heavy atom. The van der Waals surface area contributed by atoms with E-state index in [9.17, 15) is 14.4 Å². The van der Waals surface area contributed by atoms with Crippen LogP contribution in [0.15, 0.2) is 24.3 Å². The van der Waals surface area contributed by atoms with Gasteiger partial charge in [0.1, 0.15) is 5.54 Å². The molecule has 0 saturated carbocycles. The second kappa shape index (κ2) is 7.89. The first-order valence-corrected chi connectivity index (χ1v) is 9.78. The summed E-state index contributed by atoms with van der Waals surface area (Å²) in [6.07, 6.45) is 3.10. The van der Waals surface area contributed by atoms with Crippen molar-refractivity contribution in [3.8, 4) is 0 Å². The number of hydrogen-bond donors (Lipinski definition) is 2. The standard InChI is InChI=1S/C20H25N3O5/c24-17(21-12-16-2-1-9-28-16)15-5-3-14(4-6-15)13-23-18(25)20(22-19(23)26)7-10-27-11-8-20/h3-6,16H,1-2,7-13H2,(H,21,24)(H,22,26). The molecule has 3 heterocycles. The van der Waals surface area contributed by atoms with Crippen LogP contribution in [0.4, 0.5) is 4.79 Å². The second-order valence-electron chi connectivity index (χ2n) is 7.56. The largest absolute Gasteiger partial charge is 0.381 e. The van der Waals surface area contributed by atoms with E-state index in [4.69, 9.17) is 9.47 Å². The zero-order valence-corrected chi connectivity index (χ0v) is 15.7. The molecule has 1 atom stereocenters. The molecule has 0 radical (unpaired) electrons. The molecule has 2 N–H and O–H groups in total. The van der Waals surface area contributed by atoms with Gasteiger partial charge in [-0.25, -0.2) is 4.79 Å². The Balaban J connectivity index is 1.35. The summed E-state index contributed by atoms with van der Waals surface area (Å²) in [7, 11) is 0. The van der Waals surface area contributed by atoms with Crippen LogP contribution in [0.3, 0.4) is 0 Å².